The first kappa shape index (κ1) is 17.5. The van der Waals surface area contributed by atoms with E-state index in [9.17, 15) is 14.4 Å². The number of amides is 1. The predicted octanol–water partition coefficient (Wildman–Crippen LogP) is 1.08. The molecular weight excluding hydrogens is 312 g/mol. The van der Waals surface area contributed by atoms with Gasteiger partial charge in [0.1, 0.15) is 0 Å². The van der Waals surface area contributed by atoms with Crippen molar-refractivity contribution in [2.45, 2.75) is 32.6 Å². The molecule has 0 aromatic heterocycles. The number of benzene rings is 1. The number of hydrogen-bond donors (Lipinski definition) is 1. The summed E-state index contributed by atoms with van der Waals surface area (Å²) in [5.41, 5.74) is 5.93. The summed E-state index contributed by atoms with van der Waals surface area (Å²) in [6.07, 6.45) is 1.45. The van der Waals surface area contributed by atoms with Crippen LogP contribution >= 0.6 is 0 Å². The van der Waals surface area contributed by atoms with E-state index < -0.39 is 23.6 Å². The molecule has 2 rings (SSSR count). The molecule has 0 bridgehead atoms. The number of rotatable bonds is 6. The Morgan fingerprint density at radius 3 is 2.29 bits per heavy atom. The van der Waals surface area contributed by atoms with Gasteiger partial charge in [0, 0.05) is 39.6 Å². The minimum atomic E-state index is -1.29. The van der Waals surface area contributed by atoms with Gasteiger partial charge in [0.15, 0.2) is 5.57 Å². The highest BCUT2D eigenvalue weighted by Crippen LogP contribution is 2.23. The molecule has 0 atom stereocenters. The first-order valence-electron chi connectivity index (χ1n) is 7.51. The fourth-order valence-corrected chi connectivity index (χ4v) is 2.21. The summed E-state index contributed by atoms with van der Waals surface area (Å²) in [4.78, 5) is 36.8. The van der Waals surface area contributed by atoms with Gasteiger partial charge in [0.05, 0.1) is 0 Å². The Morgan fingerprint density at radius 2 is 1.75 bits per heavy atom. The van der Waals surface area contributed by atoms with E-state index in [1.54, 1.807) is 4.90 Å². The number of cyclic esters (lactones) is 2. The fraction of sp³-hybridized carbons (Fsp3) is 0.353. The van der Waals surface area contributed by atoms with Crippen LogP contribution in [-0.4, -0.2) is 35.1 Å². The second kappa shape index (κ2) is 7.16. The lowest BCUT2D eigenvalue weighted by Crippen LogP contribution is -2.42. The van der Waals surface area contributed by atoms with E-state index in [1.165, 1.54) is 20.0 Å². The fourth-order valence-electron chi connectivity index (χ4n) is 2.21. The molecule has 24 heavy (non-hydrogen) atoms. The summed E-state index contributed by atoms with van der Waals surface area (Å²) in [6.45, 7) is 3.63. The Kier molecular flexibility index (Phi) is 5.23. The lowest BCUT2D eigenvalue weighted by molar-refractivity contribution is -0.222. The van der Waals surface area contributed by atoms with E-state index in [0.29, 0.717) is 6.54 Å². The van der Waals surface area contributed by atoms with Gasteiger partial charge in [0.25, 0.3) is 5.79 Å². The summed E-state index contributed by atoms with van der Waals surface area (Å²) < 4.78 is 10.1. The molecule has 0 spiro atoms. The molecule has 0 radical (unpaired) electrons. The van der Waals surface area contributed by atoms with Crippen LogP contribution < -0.4 is 5.73 Å². The highest BCUT2D eigenvalue weighted by molar-refractivity contribution is 6.15. The third kappa shape index (κ3) is 4.84. The maximum absolute atomic E-state index is 12.0. The summed E-state index contributed by atoms with van der Waals surface area (Å²) in [5, 5.41) is 0. The zero-order valence-corrected chi connectivity index (χ0v) is 13.7. The molecule has 2 N–H and O–H groups in total. The van der Waals surface area contributed by atoms with E-state index in [2.05, 4.69) is 0 Å². The summed E-state index contributed by atoms with van der Waals surface area (Å²) in [7, 11) is 0. The lowest BCUT2D eigenvalue weighted by atomic mass is 10.2. The molecule has 1 fully saturated rings. The SMILES string of the molecule is CC1(C)OC(=O)C(=CN(CCC(N)=O)Cc2ccccc2)C(=O)O1. The Balaban J connectivity index is 2.21. The second-order valence-corrected chi connectivity index (χ2v) is 5.89. The van der Waals surface area contributed by atoms with Crippen LogP contribution in [0.25, 0.3) is 0 Å². The zero-order chi connectivity index (χ0) is 17.7. The maximum atomic E-state index is 12.0. The van der Waals surface area contributed by atoms with Crippen molar-refractivity contribution in [3.05, 3.63) is 47.7 Å². The maximum Gasteiger partial charge on any atom is 0.350 e. The largest absolute Gasteiger partial charge is 0.419 e. The molecule has 1 aliphatic rings. The van der Waals surface area contributed by atoms with Gasteiger partial charge >= 0.3 is 11.9 Å². The normalized spacial score (nSPS) is 16.2. The molecule has 1 aromatic rings. The average molecular weight is 332 g/mol. The van der Waals surface area contributed by atoms with Gasteiger partial charge in [-0.3, -0.25) is 4.79 Å². The molecule has 1 aliphatic heterocycles. The molecule has 7 heteroatoms. The highest BCUT2D eigenvalue weighted by atomic mass is 16.7. The van der Waals surface area contributed by atoms with Crippen LogP contribution in [0.5, 0.6) is 0 Å². The predicted molar refractivity (Wildman–Crippen MR) is 85.0 cm³/mol. The Bertz CT molecular complexity index is 645. The molecule has 0 aliphatic carbocycles. The number of carbonyl (C=O) groups excluding carboxylic acids is 3. The van der Waals surface area contributed by atoms with Crippen LogP contribution in [0.2, 0.25) is 0 Å². The topological polar surface area (TPSA) is 98.9 Å². The third-order valence-electron chi connectivity index (χ3n) is 3.30. The second-order valence-electron chi connectivity index (χ2n) is 5.89. The van der Waals surface area contributed by atoms with E-state index >= 15 is 0 Å². The van der Waals surface area contributed by atoms with Gasteiger partial charge in [0.2, 0.25) is 5.91 Å². The molecule has 1 saturated heterocycles. The van der Waals surface area contributed by atoms with Crippen LogP contribution in [0, 0.1) is 0 Å². The number of esters is 2. The number of nitrogens with zero attached hydrogens (tertiary/aromatic N) is 1. The van der Waals surface area contributed by atoms with Crippen molar-refractivity contribution in [2.75, 3.05) is 6.54 Å². The summed E-state index contributed by atoms with van der Waals surface area (Å²) in [6, 6.07) is 9.43. The van der Waals surface area contributed by atoms with Crippen molar-refractivity contribution in [3.63, 3.8) is 0 Å². The van der Waals surface area contributed by atoms with Crippen molar-refractivity contribution in [2.24, 2.45) is 5.73 Å². The molecule has 1 aromatic carbocycles. The highest BCUT2D eigenvalue weighted by Gasteiger charge is 2.39. The molecule has 7 nitrogen and oxygen atoms in total. The molecule has 1 amide bonds. The summed E-state index contributed by atoms with van der Waals surface area (Å²) in [5.74, 6) is -3.27. The quantitative estimate of drug-likeness (QED) is 0.475. The number of primary amides is 1. The molecule has 128 valence electrons. The van der Waals surface area contributed by atoms with Gasteiger partial charge in [-0.05, 0) is 5.56 Å². The van der Waals surface area contributed by atoms with Crippen LogP contribution in [0.1, 0.15) is 25.8 Å². The van der Waals surface area contributed by atoms with E-state index in [-0.39, 0.29) is 18.5 Å². The monoisotopic (exact) mass is 332 g/mol. The average Bonchev–Trinajstić information content (AvgIpc) is 2.48. The van der Waals surface area contributed by atoms with Crippen molar-refractivity contribution >= 4 is 17.8 Å². The standard InChI is InChI=1S/C17H20N2O5/c1-17(2)23-15(21)13(16(22)24-17)11-19(9-8-14(18)20)10-12-6-4-3-5-7-12/h3-7,11H,8-10H2,1-2H3,(H2,18,20). The lowest BCUT2D eigenvalue weighted by Gasteiger charge is -2.31. The smallest absolute Gasteiger partial charge is 0.350 e. The number of nitrogens with two attached hydrogens (primary N) is 1. The van der Waals surface area contributed by atoms with Crippen molar-refractivity contribution in [1.29, 1.82) is 0 Å². The Hall–Kier alpha value is -2.83. The minimum Gasteiger partial charge on any atom is -0.419 e. The first-order chi connectivity index (χ1) is 11.3. The van der Waals surface area contributed by atoms with Gasteiger partial charge in [-0.1, -0.05) is 30.3 Å². The molecule has 0 saturated carbocycles. The number of hydrogen-bond acceptors (Lipinski definition) is 6. The van der Waals surface area contributed by atoms with Crippen molar-refractivity contribution < 1.29 is 23.9 Å². The molecular formula is C17H20N2O5. The van der Waals surface area contributed by atoms with Crippen LogP contribution in [0.15, 0.2) is 42.1 Å². The minimum absolute atomic E-state index is 0.0895. The zero-order valence-electron chi connectivity index (χ0n) is 13.7. The van der Waals surface area contributed by atoms with E-state index in [4.69, 9.17) is 15.2 Å². The van der Waals surface area contributed by atoms with Gasteiger partial charge < -0.3 is 20.1 Å². The Labute approximate surface area is 140 Å². The number of ether oxygens (including phenoxy) is 2. The Morgan fingerprint density at radius 1 is 1.17 bits per heavy atom. The third-order valence-corrected chi connectivity index (χ3v) is 3.30. The van der Waals surface area contributed by atoms with Gasteiger partial charge in [-0.15, -0.1) is 0 Å². The van der Waals surface area contributed by atoms with Crippen LogP contribution in [0.3, 0.4) is 0 Å². The van der Waals surface area contributed by atoms with Crippen LogP contribution in [-0.2, 0) is 30.4 Å². The van der Waals surface area contributed by atoms with Crippen molar-refractivity contribution in [1.82, 2.24) is 4.90 Å². The van der Waals surface area contributed by atoms with Crippen LogP contribution in [0.4, 0.5) is 0 Å². The van der Waals surface area contributed by atoms with E-state index in [0.717, 1.165) is 5.56 Å². The first-order valence-corrected chi connectivity index (χ1v) is 7.51. The molecule has 1 heterocycles. The van der Waals surface area contributed by atoms with E-state index in [1.807, 2.05) is 30.3 Å². The van der Waals surface area contributed by atoms with Gasteiger partial charge in [-0.25, -0.2) is 9.59 Å². The summed E-state index contributed by atoms with van der Waals surface area (Å²) >= 11 is 0. The van der Waals surface area contributed by atoms with Crippen molar-refractivity contribution in [3.8, 4) is 0 Å². The van der Waals surface area contributed by atoms with Gasteiger partial charge in [-0.2, -0.15) is 0 Å². The molecule has 0 unspecified atom stereocenters. The number of carbonyl (C=O) groups is 3.